The lowest BCUT2D eigenvalue weighted by atomic mass is 9.47. The van der Waals surface area contributed by atoms with E-state index in [1.807, 2.05) is 26.8 Å². The zero-order valence-corrected chi connectivity index (χ0v) is 34.0. The van der Waals surface area contributed by atoms with Gasteiger partial charge in [0.2, 0.25) is 0 Å². The number of carboxylic acid groups (broad SMARTS) is 3. The van der Waals surface area contributed by atoms with E-state index in [0.717, 1.165) is 18.1 Å². The molecular formula is C43H59NO13. The van der Waals surface area contributed by atoms with Crippen LogP contribution in [0.15, 0.2) is 71.8 Å². The van der Waals surface area contributed by atoms with Crippen LogP contribution in [-0.4, -0.2) is 96.5 Å². The number of fused-ring (bicyclic) bond motifs is 5. The summed E-state index contributed by atoms with van der Waals surface area (Å²) in [6.07, 6.45) is -0.763. The van der Waals surface area contributed by atoms with Gasteiger partial charge in [-0.25, -0.2) is 9.59 Å². The van der Waals surface area contributed by atoms with Gasteiger partial charge in [0.15, 0.2) is 5.78 Å². The molecule has 1 amide bonds. The number of carboxylic acids is 3. The summed E-state index contributed by atoms with van der Waals surface area (Å²) in [5.74, 6) is -3.00. The first-order chi connectivity index (χ1) is 26.4. The van der Waals surface area contributed by atoms with Crippen molar-refractivity contribution < 1.29 is 64.1 Å². The number of aromatic carboxylic acids is 1. The molecule has 3 aliphatic carbocycles. The van der Waals surface area contributed by atoms with Crippen molar-refractivity contribution in [1.82, 2.24) is 5.32 Å². The van der Waals surface area contributed by atoms with E-state index < -0.39 is 64.3 Å². The fourth-order valence-electron chi connectivity index (χ4n) is 8.32. The number of ketones is 1. The Bertz CT molecular complexity index is 1770. The van der Waals surface area contributed by atoms with Crippen molar-refractivity contribution in [2.45, 2.75) is 123 Å². The summed E-state index contributed by atoms with van der Waals surface area (Å²) in [5, 5.41) is 60.8. The maximum atomic E-state index is 13.4. The van der Waals surface area contributed by atoms with Crippen LogP contribution in [0.4, 0.5) is 4.79 Å². The maximum absolute atomic E-state index is 13.4. The fourth-order valence-corrected chi connectivity index (χ4v) is 8.32. The smallest absolute Gasteiger partial charge is 0.408 e. The number of rotatable bonds is 5. The van der Waals surface area contributed by atoms with Gasteiger partial charge in [-0.15, -0.1) is 0 Å². The number of hydrogen-bond acceptors (Lipinski definition) is 10. The Morgan fingerprint density at radius 2 is 1.49 bits per heavy atom. The Morgan fingerprint density at radius 1 is 0.947 bits per heavy atom. The van der Waals surface area contributed by atoms with Crippen LogP contribution in [-0.2, 0) is 23.9 Å². The van der Waals surface area contributed by atoms with Gasteiger partial charge in [0, 0.05) is 24.7 Å². The Balaban J connectivity index is 0.000000239. The van der Waals surface area contributed by atoms with Gasteiger partial charge in [-0.2, -0.15) is 0 Å². The summed E-state index contributed by atoms with van der Waals surface area (Å²) in [6.45, 7) is 14.5. The summed E-state index contributed by atoms with van der Waals surface area (Å²) in [4.78, 5) is 55.2. The van der Waals surface area contributed by atoms with Gasteiger partial charge in [-0.3, -0.25) is 14.4 Å². The molecule has 1 heterocycles. The van der Waals surface area contributed by atoms with Crippen LogP contribution in [0.25, 0.3) is 0 Å². The van der Waals surface area contributed by atoms with Gasteiger partial charge in [0.05, 0.1) is 47.9 Å². The zero-order valence-electron chi connectivity index (χ0n) is 34.0. The Morgan fingerprint density at radius 3 is 1.95 bits per heavy atom. The highest BCUT2D eigenvalue weighted by atomic mass is 16.6. The highest BCUT2D eigenvalue weighted by Crippen LogP contribution is 2.60. The normalized spacial score (nSPS) is 28.8. The number of carbonyl (C=O) groups is 5. The average molecular weight is 798 g/mol. The second-order valence-electron chi connectivity index (χ2n) is 16.9. The minimum atomic E-state index is -1.26. The average Bonchev–Trinajstić information content (AvgIpc) is 3.10. The lowest BCUT2D eigenvalue weighted by Gasteiger charge is -2.61. The molecule has 2 aromatic rings. The number of ether oxygens (including phenoxy) is 2. The van der Waals surface area contributed by atoms with Gasteiger partial charge in [-0.05, 0) is 83.1 Å². The molecule has 3 fully saturated rings. The van der Waals surface area contributed by atoms with Gasteiger partial charge in [0.1, 0.15) is 11.7 Å². The molecule has 1 unspecified atom stereocenters. The minimum absolute atomic E-state index is 0.0375. The van der Waals surface area contributed by atoms with E-state index in [1.165, 1.54) is 0 Å². The molecule has 7 N–H and O–H groups in total. The Hall–Kier alpha value is -4.63. The van der Waals surface area contributed by atoms with Crippen molar-refractivity contribution in [2.75, 3.05) is 6.61 Å². The molecule has 1 aliphatic heterocycles. The highest BCUT2D eigenvalue weighted by molar-refractivity contribution is 5.93. The van der Waals surface area contributed by atoms with Crippen LogP contribution in [0.5, 0.6) is 0 Å². The zero-order chi connectivity index (χ0) is 43.1. The highest BCUT2D eigenvalue weighted by Gasteiger charge is 2.66. The number of benzene rings is 2. The van der Waals surface area contributed by atoms with Crippen molar-refractivity contribution in [2.24, 2.45) is 22.7 Å². The monoisotopic (exact) mass is 797 g/mol. The minimum Gasteiger partial charge on any atom is -0.481 e. The third kappa shape index (κ3) is 11.3. The van der Waals surface area contributed by atoms with E-state index in [-0.39, 0.29) is 30.1 Å². The van der Waals surface area contributed by atoms with Gasteiger partial charge in [-0.1, -0.05) is 68.0 Å². The molecule has 0 spiro atoms. The number of carbonyl (C=O) groups excluding carboxylic acids is 2. The number of amides is 1. The van der Waals surface area contributed by atoms with Crippen molar-refractivity contribution in [3.05, 3.63) is 82.9 Å². The van der Waals surface area contributed by atoms with E-state index in [1.54, 1.807) is 82.3 Å². The summed E-state index contributed by atoms with van der Waals surface area (Å²) in [7, 11) is 0. The molecule has 1 saturated heterocycles. The molecule has 14 nitrogen and oxygen atoms in total. The molecule has 57 heavy (non-hydrogen) atoms. The second-order valence-corrected chi connectivity index (χ2v) is 16.9. The van der Waals surface area contributed by atoms with Crippen LogP contribution in [0.2, 0.25) is 0 Å². The van der Waals surface area contributed by atoms with Crippen molar-refractivity contribution in [3.63, 3.8) is 0 Å². The predicted octanol–water partition coefficient (Wildman–Crippen LogP) is 5.79. The van der Waals surface area contributed by atoms with Crippen LogP contribution in [0.1, 0.15) is 109 Å². The first-order valence-corrected chi connectivity index (χ1v) is 19.0. The van der Waals surface area contributed by atoms with Gasteiger partial charge in [0.25, 0.3) is 5.97 Å². The summed E-state index contributed by atoms with van der Waals surface area (Å²) >= 11 is 0. The SMILES string of the molecule is CC(=O)O.CC(C)(C)OC(=O)N[C@H](CC(=O)O)c1ccccc1.CC1=C2[C@@H](O)C(=O)[C@@]3(C)C(C[C@](O)(CC1)C2(C)C)[C@@H]1CO[C@@H]1C[C@@H]3O.O=C(O)c1ccccc1. The number of Topliss-reactive ketones (excluding diaryl/α,β-unsaturated/α-hetero) is 1. The van der Waals surface area contributed by atoms with E-state index in [9.17, 15) is 34.5 Å². The van der Waals surface area contributed by atoms with Crippen LogP contribution < -0.4 is 5.32 Å². The number of nitrogens with one attached hydrogen (secondary N) is 1. The van der Waals surface area contributed by atoms with E-state index in [2.05, 4.69) is 5.32 Å². The second kappa shape index (κ2) is 18.8. The molecule has 6 rings (SSSR count). The van der Waals surface area contributed by atoms with E-state index in [0.29, 0.717) is 43.4 Å². The number of alkyl carbamates (subject to hydrolysis) is 1. The molecule has 8 atom stereocenters. The molecule has 2 aromatic carbocycles. The number of aliphatic hydroxyl groups excluding tert-OH is 2. The van der Waals surface area contributed by atoms with Crippen molar-refractivity contribution in [3.8, 4) is 0 Å². The summed E-state index contributed by atoms with van der Waals surface area (Å²) in [6, 6.07) is 16.6. The van der Waals surface area contributed by atoms with E-state index >= 15 is 0 Å². The largest absolute Gasteiger partial charge is 0.481 e. The third-order valence-electron chi connectivity index (χ3n) is 11.5. The van der Waals surface area contributed by atoms with Crippen LogP contribution in [0, 0.1) is 22.7 Å². The number of aliphatic hydroxyl groups is 3. The molecule has 314 valence electrons. The van der Waals surface area contributed by atoms with Crippen molar-refractivity contribution >= 4 is 29.8 Å². The molecule has 2 saturated carbocycles. The molecule has 2 bridgehead atoms. The molecule has 14 heteroatoms. The van der Waals surface area contributed by atoms with Crippen LogP contribution in [0.3, 0.4) is 0 Å². The Kier molecular flexibility index (Phi) is 15.4. The topological polar surface area (TPSA) is 237 Å². The standard InChI is InChI=1S/C20H30O5.C14H19NO4.C7H6O2.C2H4O2/c1-10-5-6-20(24)8-12-11-9-25-13(11)7-14(21)19(12,4)17(23)16(22)15(10)18(20,2)3;1-14(2,3)19-13(18)15-11(9-12(16)17)10-7-5-4-6-8-10;8-7(9)6-4-2-1-3-5-6;1-2(3)4/h11-14,16,21-22,24H,5-9H2,1-4H3;4-8,11H,9H2,1-3H3,(H,15,18)(H,16,17);1-5H,(H,8,9);1H3,(H,3,4)/t11-,12?,13+,14-,16+,19-,20+;11-;;/m01../s1. The lowest BCUT2D eigenvalue weighted by Crippen LogP contribution is -2.68. The number of hydrogen-bond donors (Lipinski definition) is 7. The maximum Gasteiger partial charge on any atom is 0.408 e. The van der Waals surface area contributed by atoms with Gasteiger partial charge >= 0.3 is 18.0 Å². The lowest BCUT2D eigenvalue weighted by molar-refractivity contribution is -0.241. The van der Waals surface area contributed by atoms with E-state index in [4.69, 9.17) is 29.6 Å². The Labute approximate surface area is 333 Å². The molecule has 4 aliphatic rings. The van der Waals surface area contributed by atoms with Gasteiger partial charge < -0.3 is 45.4 Å². The first kappa shape index (κ1) is 46.8. The molecule has 0 aromatic heterocycles. The summed E-state index contributed by atoms with van der Waals surface area (Å²) in [5.41, 5.74) is -0.612. The summed E-state index contributed by atoms with van der Waals surface area (Å²) < 4.78 is 10.7. The molecule has 0 radical (unpaired) electrons. The predicted molar refractivity (Wildman–Crippen MR) is 209 cm³/mol. The third-order valence-corrected chi connectivity index (χ3v) is 11.5. The number of allylic oxidation sites excluding steroid dienone is 1. The fraction of sp³-hybridized carbons (Fsp3) is 0.558. The quantitative estimate of drug-likeness (QED) is 0.178. The number of aliphatic carboxylic acids is 2. The first-order valence-electron chi connectivity index (χ1n) is 19.0. The van der Waals surface area contributed by atoms with Crippen molar-refractivity contribution in [1.29, 1.82) is 0 Å². The molecular weight excluding hydrogens is 738 g/mol. The van der Waals surface area contributed by atoms with Crippen LogP contribution >= 0.6 is 0 Å².